The summed E-state index contributed by atoms with van der Waals surface area (Å²) in [6.07, 6.45) is 0. The molecule has 6 aromatic carbocycles. The first-order valence-corrected chi connectivity index (χ1v) is 19.0. The molecule has 9 rings (SSSR count). The number of anilines is 3. The molecule has 0 amide bonds. The lowest BCUT2D eigenvalue weighted by molar-refractivity contribution is -0.0105. The van der Waals surface area contributed by atoms with Crippen LogP contribution in [0.2, 0.25) is 0 Å². The molecule has 0 aliphatic heterocycles. The van der Waals surface area contributed by atoms with Crippen LogP contribution < -0.4 is 4.90 Å². The van der Waals surface area contributed by atoms with Crippen molar-refractivity contribution in [3.05, 3.63) is 156 Å². The van der Waals surface area contributed by atoms with E-state index in [4.69, 9.17) is 0 Å². The largest absolute Gasteiger partial charge is 0.310 e. The minimum atomic E-state index is -0.0109. The van der Waals surface area contributed by atoms with Crippen molar-refractivity contribution in [3.63, 3.8) is 0 Å². The van der Waals surface area contributed by atoms with Gasteiger partial charge in [-0.15, -0.1) is 0 Å². The maximum atomic E-state index is 2.57. The molecule has 7 aromatic rings. The maximum Gasteiger partial charge on any atom is 0.0541 e. The fourth-order valence-corrected chi connectivity index (χ4v) is 10.5. The van der Waals surface area contributed by atoms with E-state index in [-0.39, 0.29) is 27.1 Å². The molecule has 0 spiro atoms. The zero-order chi connectivity index (χ0) is 36.4. The van der Waals surface area contributed by atoms with E-state index in [2.05, 4.69) is 211 Å². The van der Waals surface area contributed by atoms with Crippen LogP contribution in [0.1, 0.15) is 79.0 Å². The van der Waals surface area contributed by atoms with E-state index < -0.39 is 0 Å². The smallest absolute Gasteiger partial charge is 0.0541 e. The van der Waals surface area contributed by atoms with E-state index in [0.29, 0.717) is 0 Å². The van der Waals surface area contributed by atoms with Gasteiger partial charge in [-0.25, -0.2) is 0 Å². The standard InChI is InChI=1S/C50H50N2/c1-46(2)41-30-34(31-42-45(41)50(9,48(46,5)6)49(7,8)47(42,3)4)33-28-37(51(35-20-12-10-13-21-35)36-22-14-11-15-23-36)32-38(29-33)52-43-26-18-16-24-39(43)40-25-17-19-27-44(40)52/h10-32H,1-9H3. The second-order valence-electron chi connectivity index (χ2n) is 17.7. The van der Waals surface area contributed by atoms with Crippen LogP contribution in [0.15, 0.2) is 140 Å². The normalized spacial score (nSPS) is 18.5. The number of rotatable bonds is 5. The fraction of sp³-hybridized carbons (Fsp3) is 0.280. The minimum absolute atomic E-state index is 0.0109. The molecule has 1 heterocycles. The summed E-state index contributed by atoms with van der Waals surface area (Å²) in [5.41, 5.74) is 14.2. The quantitative estimate of drug-likeness (QED) is 0.176. The zero-order valence-electron chi connectivity index (χ0n) is 32.2. The molecule has 0 unspecified atom stereocenters. The highest BCUT2D eigenvalue weighted by atomic mass is 15.1. The number of fused-ring (bicyclic) bond motifs is 3. The topological polar surface area (TPSA) is 8.17 Å². The minimum Gasteiger partial charge on any atom is -0.310 e. The van der Waals surface area contributed by atoms with Gasteiger partial charge in [-0.2, -0.15) is 0 Å². The summed E-state index contributed by atoms with van der Waals surface area (Å²) in [6.45, 7) is 22.6. The van der Waals surface area contributed by atoms with E-state index in [1.54, 1.807) is 5.56 Å². The Labute approximate surface area is 309 Å². The molecule has 2 aliphatic carbocycles. The second kappa shape index (κ2) is 10.7. The Kier molecular flexibility index (Phi) is 6.77. The van der Waals surface area contributed by atoms with Gasteiger partial charge in [-0.05, 0) is 104 Å². The van der Waals surface area contributed by atoms with E-state index >= 15 is 0 Å². The Balaban J connectivity index is 1.38. The summed E-state index contributed by atoms with van der Waals surface area (Å²) in [6, 6.07) is 51.6. The van der Waals surface area contributed by atoms with Gasteiger partial charge in [-0.1, -0.05) is 147 Å². The highest BCUT2D eigenvalue weighted by molar-refractivity contribution is 6.09. The third-order valence-electron chi connectivity index (χ3n) is 15.0. The lowest BCUT2D eigenvalue weighted by Crippen LogP contribution is -2.54. The summed E-state index contributed by atoms with van der Waals surface area (Å²) in [7, 11) is 0. The van der Waals surface area contributed by atoms with Crippen LogP contribution in [0.3, 0.4) is 0 Å². The molecule has 0 saturated heterocycles. The van der Waals surface area contributed by atoms with Crippen molar-refractivity contribution < 1.29 is 0 Å². The van der Waals surface area contributed by atoms with Gasteiger partial charge in [0.15, 0.2) is 0 Å². The first-order chi connectivity index (χ1) is 24.7. The van der Waals surface area contributed by atoms with Crippen LogP contribution in [0.25, 0.3) is 38.6 Å². The van der Waals surface area contributed by atoms with Crippen molar-refractivity contribution in [3.8, 4) is 16.8 Å². The van der Waals surface area contributed by atoms with Gasteiger partial charge in [0.25, 0.3) is 0 Å². The van der Waals surface area contributed by atoms with Gasteiger partial charge in [0.05, 0.1) is 11.0 Å². The molecule has 2 nitrogen and oxygen atoms in total. The van der Waals surface area contributed by atoms with Crippen LogP contribution in [0.4, 0.5) is 17.1 Å². The first kappa shape index (κ1) is 32.8. The Morgan fingerprint density at radius 2 is 0.846 bits per heavy atom. The van der Waals surface area contributed by atoms with Crippen LogP contribution in [0, 0.1) is 10.8 Å². The molecular weight excluding hydrogens is 629 g/mol. The lowest BCUT2D eigenvalue weighted by Gasteiger charge is -2.56. The van der Waals surface area contributed by atoms with Gasteiger partial charge in [0.1, 0.15) is 0 Å². The zero-order valence-corrected chi connectivity index (χ0v) is 32.2. The van der Waals surface area contributed by atoms with E-state index in [1.165, 1.54) is 44.1 Å². The van der Waals surface area contributed by atoms with Gasteiger partial charge in [-0.3, -0.25) is 0 Å². The van der Waals surface area contributed by atoms with Crippen molar-refractivity contribution in [2.75, 3.05) is 4.90 Å². The van der Waals surface area contributed by atoms with Crippen LogP contribution >= 0.6 is 0 Å². The number of hydrogen-bond acceptors (Lipinski definition) is 1. The van der Waals surface area contributed by atoms with Crippen molar-refractivity contribution in [1.82, 2.24) is 4.57 Å². The fourth-order valence-electron chi connectivity index (χ4n) is 10.5. The van der Waals surface area contributed by atoms with Gasteiger partial charge >= 0.3 is 0 Å². The molecule has 0 bridgehead atoms. The highest BCUT2D eigenvalue weighted by Crippen LogP contribution is 2.76. The molecule has 0 atom stereocenters. The van der Waals surface area contributed by atoms with Crippen LogP contribution in [-0.2, 0) is 16.2 Å². The number of aromatic nitrogens is 1. The third-order valence-corrected chi connectivity index (χ3v) is 15.0. The lowest BCUT2D eigenvalue weighted by atomic mass is 9.47. The molecule has 0 fully saturated rings. The molecule has 1 aromatic heterocycles. The van der Waals surface area contributed by atoms with Gasteiger partial charge in [0.2, 0.25) is 0 Å². The summed E-state index contributed by atoms with van der Waals surface area (Å²) >= 11 is 0. The summed E-state index contributed by atoms with van der Waals surface area (Å²) in [4.78, 5) is 2.41. The van der Waals surface area contributed by atoms with Gasteiger partial charge < -0.3 is 9.47 Å². The number of benzene rings is 6. The third kappa shape index (κ3) is 4.01. The van der Waals surface area contributed by atoms with E-state index in [0.717, 1.165) is 22.7 Å². The number of hydrogen-bond donors (Lipinski definition) is 0. The second-order valence-corrected chi connectivity index (χ2v) is 17.7. The predicted octanol–water partition coefficient (Wildman–Crippen LogP) is 13.8. The molecule has 2 aliphatic rings. The first-order valence-electron chi connectivity index (χ1n) is 19.0. The number of para-hydroxylation sites is 4. The van der Waals surface area contributed by atoms with Crippen molar-refractivity contribution >= 4 is 38.9 Å². The predicted molar refractivity (Wildman–Crippen MR) is 222 cm³/mol. The average Bonchev–Trinajstić information content (AvgIpc) is 3.59. The molecule has 0 saturated carbocycles. The van der Waals surface area contributed by atoms with Crippen molar-refractivity contribution in [2.24, 2.45) is 10.8 Å². The van der Waals surface area contributed by atoms with E-state index in [9.17, 15) is 0 Å². The average molecular weight is 679 g/mol. The van der Waals surface area contributed by atoms with Crippen LogP contribution in [0.5, 0.6) is 0 Å². The summed E-state index contributed by atoms with van der Waals surface area (Å²) in [5.74, 6) is 0. The monoisotopic (exact) mass is 678 g/mol. The SMILES string of the molecule is CC1(C)c2cc(-c3cc(N(c4ccccc4)c4ccccc4)cc(-n4c5ccccc5c5ccccc54)c3)cc3c2C(C)(C1(C)C)C(C)(C)C3(C)C. The Morgan fingerprint density at radius 3 is 1.33 bits per heavy atom. The molecule has 2 heteroatoms. The van der Waals surface area contributed by atoms with Crippen LogP contribution in [-0.4, -0.2) is 4.57 Å². The summed E-state index contributed by atoms with van der Waals surface area (Å²) < 4.78 is 2.47. The summed E-state index contributed by atoms with van der Waals surface area (Å²) in [5, 5.41) is 2.54. The molecule has 52 heavy (non-hydrogen) atoms. The van der Waals surface area contributed by atoms with E-state index in [1.807, 2.05) is 0 Å². The Morgan fingerprint density at radius 1 is 0.423 bits per heavy atom. The number of nitrogens with zero attached hydrogens (tertiary/aromatic N) is 2. The van der Waals surface area contributed by atoms with Crippen molar-refractivity contribution in [2.45, 2.75) is 78.6 Å². The van der Waals surface area contributed by atoms with Gasteiger partial charge in [0, 0.05) is 38.9 Å². The molecule has 0 N–H and O–H groups in total. The molecule has 260 valence electrons. The Hall–Kier alpha value is -5.08. The maximum absolute atomic E-state index is 2.57. The Bertz CT molecular complexity index is 2390. The molecule has 0 radical (unpaired) electrons. The molecular formula is C50H50N2. The highest BCUT2D eigenvalue weighted by Gasteiger charge is 2.72. The van der Waals surface area contributed by atoms with Crippen molar-refractivity contribution in [1.29, 1.82) is 0 Å².